The molecule has 0 aliphatic carbocycles. The maximum absolute atomic E-state index is 14.0. The molecule has 1 unspecified atom stereocenters. The van der Waals surface area contributed by atoms with Crippen LogP contribution in [-0.4, -0.2) is 66.3 Å². The molecule has 2 aromatic rings. The molecule has 1 saturated heterocycles. The predicted molar refractivity (Wildman–Crippen MR) is 121 cm³/mol. The molecule has 3 rings (SSSR count). The topological polar surface area (TPSA) is 81.8 Å². The average molecular weight is 459 g/mol. The van der Waals surface area contributed by atoms with Crippen molar-refractivity contribution in [3.63, 3.8) is 0 Å². The van der Waals surface area contributed by atoms with Gasteiger partial charge in [-0.2, -0.15) is 0 Å². The van der Waals surface area contributed by atoms with Crippen molar-refractivity contribution in [1.29, 1.82) is 0 Å². The molecule has 3 amide bonds. The van der Waals surface area contributed by atoms with Gasteiger partial charge in [0, 0.05) is 31.9 Å². The van der Waals surface area contributed by atoms with Crippen molar-refractivity contribution in [2.75, 3.05) is 38.0 Å². The first-order chi connectivity index (χ1) is 15.8. The molecule has 1 atom stereocenters. The van der Waals surface area contributed by atoms with Crippen molar-refractivity contribution in [2.24, 2.45) is 5.92 Å². The molecule has 2 aromatic carbocycles. The minimum atomic E-state index is -0.982. The van der Waals surface area contributed by atoms with Crippen LogP contribution in [0.15, 0.2) is 48.5 Å². The molecular formula is C24H28F2N4O3. The second kappa shape index (κ2) is 11.0. The number of carbonyl (C=O) groups is 3. The SMILES string of the molecule is CC(C)C(NC(=O)c1c(F)cccc1F)C(=O)N1CCN(CC(=O)Nc2ccccc2)CC1. The smallest absolute Gasteiger partial charge is 0.257 e. The molecule has 33 heavy (non-hydrogen) atoms. The van der Waals surface area contributed by atoms with E-state index >= 15 is 0 Å². The number of benzene rings is 2. The number of hydrogen-bond acceptors (Lipinski definition) is 4. The van der Waals surface area contributed by atoms with Gasteiger partial charge in [-0.3, -0.25) is 19.3 Å². The molecule has 1 fully saturated rings. The number of halogens is 2. The summed E-state index contributed by atoms with van der Waals surface area (Å²) in [5.41, 5.74) is 0.0170. The van der Waals surface area contributed by atoms with Crippen LogP contribution in [0.1, 0.15) is 24.2 Å². The Labute approximate surface area is 191 Å². The third-order valence-corrected chi connectivity index (χ3v) is 5.52. The summed E-state index contributed by atoms with van der Waals surface area (Å²) in [5, 5.41) is 5.33. The van der Waals surface area contributed by atoms with Crippen LogP contribution < -0.4 is 10.6 Å². The number of piperazine rings is 1. The lowest BCUT2D eigenvalue weighted by Crippen LogP contribution is -2.57. The van der Waals surface area contributed by atoms with Crippen LogP contribution in [0.3, 0.4) is 0 Å². The number of para-hydroxylation sites is 1. The maximum atomic E-state index is 14.0. The van der Waals surface area contributed by atoms with Crippen molar-refractivity contribution in [3.8, 4) is 0 Å². The molecule has 1 aliphatic heterocycles. The Bertz CT molecular complexity index is 972. The molecule has 9 heteroatoms. The lowest BCUT2D eigenvalue weighted by Gasteiger charge is -2.37. The van der Waals surface area contributed by atoms with Gasteiger partial charge in [0.2, 0.25) is 11.8 Å². The van der Waals surface area contributed by atoms with Gasteiger partial charge in [-0.05, 0) is 30.2 Å². The molecule has 0 spiro atoms. The second-order valence-electron chi connectivity index (χ2n) is 8.31. The minimum Gasteiger partial charge on any atom is -0.340 e. The van der Waals surface area contributed by atoms with Crippen LogP contribution in [0.4, 0.5) is 14.5 Å². The summed E-state index contributed by atoms with van der Waals surface area (Å²) in [6, 6.07) is 11.4. The van der Waals surface area contributed by atoms with Gasteiger partial charge in [-0.25, -0.2) is 8.78 Å². The molecule has 0 aromatic heterocycles. The van der Waals surface area contributed by atoms with Crippen molar-refractivity contribution < 1.29 is 23.2 Å². The Morgan fingerprint density at radius 3 is 2.09 bits per heavy atom. The van der Waals surface area contributed by atoms with Gasteiger partial charge in [0.25, 0.3) is 5.91 Å². The number of anilines is 1. The highest BCUT2D eigenvalue weighted by atomic mass is 19.1. The third-order valence-electron chi connectivity index (χ3n) is 5.52. The summed E-state index contributed by atoms with van der Waals surface area (Å²) in [7, 11) is 0. The summed E-state index contributed by atoms with van der Waals surface area (Å²) in [5.74, 6) is -3.67. The van der Waals surface area contributed by atoms with E-state index in [-0.39, 0.29) is 24.3 Å². The highest BCUT2D eigenvalue weighted by Gasteiger charge is 2.32. The number of hydrogen-bond donors (Lipinski definition) is 2. The first-order valence-corrected chi connectivity index (χ1v) is 10.9. The standard InChI is InChI=1S/C24H28F2N4O3/c1-16(2)22(28-23(32)21-18(25)9-6-10-19(21)26)24(33)30-13-11-29(12-14-30)15-20(31)27-17-7-4-3-5-8-17/h3-10,16,22H,11-15H2,1-2H3,(H,27,31)(H,28,32). The van der Waals surface area contributed by atoms with Gasteiger partial charge in [0.15, 0.2) is 0 Å². The van der Waals surface area contributed by atoms with Crippen molar-refractivity contribution in [1.82, 2.24) is 15.1 Å². The van der Waals surface area contributed by atoms with E-state index < -0.39 is 29.1 Å². The number of carbonyl (C=O) groups excluding carboxylic acids is 3. The minimum absolute atomic E-state index is 0.139. The van der Waals surface area contributed by atoms with Crippen molar-refractivity contribution in [2.45, 2.75) is 19.9 Å². The van der Waals surface area contributed by atoms with E-state index in [0.717, 1.165) is 17.8 Å². The first-order valence-electron chi connectivity index (χ1n) is 10.9. The van der Waals surface area contributed by atoms with E-state index in [2.05, 4.69) is 10.6 Å². The van der Waals surface area contributed by atoms with E-state index in [4.69, 9.17) is 0 Å². The summed E-state index contributed by atoms with van der Waals surface area (Å²) in [6.07, 6.45) is 0. The Morgan fingerprint density at radius 1 is 0.909 bits per heavy atom. The predicted octanol–water partition coefficient (Wildman–Crippen LogP) is 2.50. The van der Waals surface area contributed by atoms with Crippen LogP contribution in [0.25, 0.3) is 0 Å². The van der Waals surface area contributed by atoms with Gasteiger partial charge in [-0.15, -0.1) is 0 Å². The number of nitrogens with zero attached hydrogens (tertiary/aromatic N) is 2. The van der Waals surface area contributed by atoms with Crippen LogP contribution >= 0.6 is 0 Å². The zero-order valence-corrected chi connectivity index (χ0v) is 18.7. The zero-order chi connectivity index (χ0) is 24.0. The Morgan fingerprint density at radius 2 is 1.52 bits per heavy atom. The second-order valence-corrected chi connectivity index (χ2v) is 8.31. The molecule has 7 nitrogen and oxygen atoms in total. The van der Waals surface area contributed by atoms with E-state index in [1.807, 2.05) is 35.2 Å². The maximum Gasteiger partial charge on any atom is 0.257 e. The molecule has 0 bridgehead atoms. The van der Waals surface area contributed by atoms with Gasteiger partial charge in [0.1, 0.15) is 23.2 Å². The summed E-state index contributed by atoms with van der Waals surface area (Å²) < 4.78 is 27.9. The summed E-state index contributed by atoms with van der Waals surface area (Å²) >= 11 is 0. The fourth-order valence-corrected chi connectivity index (χ4v) is 3.69. The van der Waals surface area contributed by atoms with Crippen LogP contribution in [0, 0.1) is 17.6 Å². The van der Waals surface area contributed by atoms with E-state index in [1.54, 1.807) is 18.7 Å². The van der Waals surface area contributed by atoms with Crippen LogP contribution in [0.5, 0.6) is 0 Å². The number of rotatable bonds is 7. The van der Waals surface area contributed by atoms with E-state index in [0.29, 0.717) is 26.2 Å². The van der Waals surface area contributed by atoms with E-state index in [1.165, 1.54) is 6.07 Å². The lowest BCUT2D eigenvalue weighted by molar-refractivity contribution is -0.136. The summed E-state index contributed by atoms with van der Waals surface area (Å²) in [4.78, 5) is 41.4. The van der Waals surface area contributed by atoms with Gasteiger partial charge >= 0.3 is 0 Å². The first kappa shape index (κ1) is 24.3. The molecular weight excluding hydrogens is 430 g/mol. The highest BCUT2D eigenvalue weighted by Crippen LogP contribution is 2.15. The summed E-state index contributed by atoms with van der Waals surface area (Å²) in [6.45, 7) is 5.46. The largest absolute Gasteiger partial charge is 0.340 e. The molecule has 0 radical (unpaired) electrons. The third kappa shape index (κ3) is 6.35. The van der Waals surface area contributed by atoms with Crippen LogP contribution in [0.2, 0.25) is 0 Å². The van der Waals surface area contributed by atoms with Gasteiger partial charge < -0.3 is 15.5 Å². The Balaban J connectivity index is 1.55. The van der Waals surface area contributed by atoms with Crippen LogP contribution in [-0.2, 0) is 9.59 Å². The molecule has 2 N–H and O–H groups in total. The number of amides is 3. The Hall–Kier alpha value is -3.33. The Kier molecular flexibility index (Phi) is 8.11. The lowest BCUT2D eigenvalue weighted by atomic mass is 10.0. The fourth-order valence-electron chi connectivity index (χ4n) is 3.69. The van der Waals surface area contributed by atoms with Gasteiger partial charge in [0.05, 0.1) is 6.54 Å². The fraction of sp³-hybridized carbons (Fsp3) is 0.375. The molecule has 176 valence electrons. The molecule has 1 heterocycles. The number of nitrogens with one attached hydrogen (secondary N) is 2. The average Bonchev–Trinajstić information content (AvgIpc) is 2.78. The normalized spacial score (nSPS) is 15.2. The molecule has 1 aliphatic rings. The van der Waals surface area contributed by atoms with E-state index in [9.17, 15) is 23.2 Å². The highest BCUT2D eigenvalue weighted by molar-refractivity contribution is 5.98. The van der Waals surface area contributed by atoms with Gasteiger partial charge in [-0.1, -0.05) is 38.1 Å². The van der Waals surface area contributed by atoms with Crippen molar-refractivity contribution in [3.05, 3.63) is 65.7 Å². The quantitative estimate of drug-likeness (QED) is 0.668. The monoisotopic (exact) mass is 458 g/mol. The zero-order valence-electron chi connectivity index (χ0n) is 18.7. The van der Waals surface area contributed by atoms with Crippen molar-refractivity contribution >= 4 is 23.4 Å². The molecule has 0 saturated carbocycles.